The standard InChI is InChI=1S/C8H12B2OS/c1-3-4(2)8(12)6(10)5(9)7(3)11/h11-12H,9-10H2,1-2H3. The van der Waals surface area contributed by atoms with E-state index in [0.717, 1.165) is 26.9 Å². The molecule has 0 fully saturated rings. The number of benzene rings is 1. The van der Waals surface area contributed by atoms with E-state index in [0.29, 0.717) is 5.75 Å². The highest BCUT2D eigenvalue weighted by atomic mass is 32.1. The highest BCUT2D eigenvalue weighted by molar-refractivity contribution is 7.80. The van der Waals surface area contributed by atoms with Crippen molar-refractivity contribution in [2.75, 3.05) is 0 Å². The van der Waals surface area contributed by atoms with Crippen molar-refractivity contribution < 1.29 is 5.11 Å². The topological polar surface area (TPSA) is 20.2 Å². The van der Waals surface area contributed by atoms with Crippen LogP contribution in [-0.2, 0) is 0 Å². The van der Waals surface area contributed by atoms with Gasteiger partial charge in [-0.1, -0.05) is 10.9 Å². The summed E-state index contributed by atoms with van der Waals surface area (Å²) in [5.41, 5.74) is 4.00. The lowest BCUT2D eigenvalue weighted by Gasteiger charge is -2.13. The van der Waals surface area contributed by atoms with Gasteiger partial charge in [0.1, 0.15) is 21.4 Å². The maximum atomic E-state index is 9.66. The average molecular weight is 178 g/mol. The largest absolute Gasteiger partial charge is 0.508 e. The van der Waals surface area contributed by atoms with Crippen LogP contribution in [0, 0.1) is 13.8 Å². The Hall–Kier alpha value is -0.500. The maximum absolute atomic E-state index is 9.66. The van der Waals surface area contributed by atoms with Gasteiger partial charge in [-0.05, 0) is 25.0 Å². The van der Waals surface area contributed by atoms with Gasteiger partial charge in [0, 0.05) is 4.90 Å². The van der Waals surface area contributed by atoms with E-state index in [1.54, 1.807) is 0 Å². The van der Waals surface area contributed by atoms with Crippen molar-refractivity contribution in [3.63, 3.8) is 0 Å². The summed E-state index contributed by atoms with van der Waals surface area (Å²) in [4.78, 5) is 0.989. The molecular formula is C8H12B2OS. The molecular weight excluding hydrogens is 166 g/mol. The van der Waals surface area contributed by atoms with Crippen molar-refractivity contribution in [1.29, 1.82) is 0 Å². The molecule has 0 bridgehead atoms. The summed E-state index contributed by atoms with van der Waals surface area (Å²) >= 11 is 4.39. The second kappa shape index (κ2) is 3.09. The molecule has 0 radical (unpaired) electrons. The summed E-state index contributed by atoms with van der Waals surface area (Å²) < 4.78 is 0. The molecule has 62 valence electrons. The molecule has 0 aliphatic heterocycles. The minimum atomic E-state index is 0.405. The number of rotatable bonds is 0. The quantitative estimate of drug-likeness (QED) is 0.378. The summed E-state index contributed by atoms with van der Waals surface area (Å²) in [6.45, 7) is 3.89. The average Bonchev–Trinajstić information content (AvgIpc) is 2.08. The first kappa shape index (κ1) is 9.59. The number of hydrogen-bond acceptors (Lipinski definition) is 2. The highest BCUT2D eigenvalue weighted by Gasteiger charge is 2.10. The van der Waals surface area contributed by atoms with Gasteiger partial charge in [0.05, 0.1) is 0 Å². The Morgan fingerprint density at radius 1 is 1.08 bits per heavy atom. The molecule has 0 aliphatic carbocycles. The van der Waals surface area contributed by atoms with Gasteiger partial charge in [-0.15, -0.1) is 12.6 Å². The number of phenols is 1. The van der Waals surface area contributed by atoms with E-state index in [2.05, 4.69) is 12.6 Å². The van der Waals surface area contributed by atoms with Crippen molar-refractivity contribution in [1.82, 2.24) is 0 Å². The Kier molecular flexibility index (Phi) is 2.47. The number of aromatic hydroxyl groups is 1. The summed E-state index contributed by atoms with van der Waals surface area (Å²) in [5.74, 6) is 0.405. The fourth-order valence-corrected chi connectivity index (χ4v) is 1.61. The number of thiol groups is 1. The molecule has 12 heavy (non-hydrogen) atoms. The van der Waals surface area contributed by atoms with Gasteiger partial charge in [0.15, 0.2) is 0 Å². The van der Waals surface area contributed by atoms with Gasteiger partial charge in [0.2, 0.25) is 0 Å². The van der Waals surface area contributed by atoms with E-state index in [-0.39, 0.29) is 0 Å². The van der Waals surface area contributed by atoms with E-state index >= 15 is 0 Å². The van der Waals surface area contributed by atoms with E-state index in [4.69, 9.17) is 0 Å². The summed E-state index contributed by atoms with van der Waals surface area (Å²) in [6, 6.07) is 0. The lowest BCUT2D eigenvalue weighted by molar-refractivity contribution is 0.475. The molecule has 1 aromatic carbocycles. The smallest absolute Gasteiger partial charge is 0.143 e. The number of phenolic OH excluding ortho intramolecular Hbond substituents is 1. The van der Waals surface area contributed by atoms with Crippen molar-refractivity contribution in [2.45, 2.75) is 18.7 Å². The van der Waals surface area contributed by atoms with E-state index in [9.17, 15) is 5.11 Å². The molecule has 4 heteroatoms. The van der Waals surface area contributed by atoms with Crippen LogP contribution in [-0.4, -0.2) is 20.8 Å². The van der Waals surface area contributed by atoms with Crippen LogP contribution in [0.4, 0.5) is 0 Å². The predicted octanol–water partition coefficient (Wildman–Crippen LogP) is -1.19. The zero-order valence-corrected chi connectivity index (χ0v) is 8.79. The van der Waals surface area contributed by atoms with Gasteiger partial charge in [-0.25, -0.2) is 0 Å². The molecule has 0 saturated carbocycles. The zero-order chi connectivity index (χ0) is 9.46. The number of hydrogen-bond donors (Lipinski definition) is 2. The van der Waals surface area contributed by atoms with Gasteiger partial charge < -0.3 is 5.11 Å². The van der Waals surface area contributed by atoms with Crippen LogP contribution in [0.5, 0.6) is 5.75 Å². The van der Waals surface area contributed by atoms with Crippen molar-refractivity contribution in [2.24, 2.45) is 0 Å². The lowest BCUT2D eigenvalue weighted by Crippen LogP contribution is -2.29. The second-order valence-electron chi connectivity index (χ2n) is 3.20. The van der Waals surface area contributed by atoms with E-state index in [1.807, 2.05) is 29.5 Å². The second-order valence-corrected chi connectivity index (χ2v) is 3.64. The van der Waals surface area contributed by atoms with Crippen LogP contribution in [0.25, 0.3) is 0 Å². The van der Waals surface area contributed by atoms with Gasteiger partial charge in [-0.2, -0.15) is 0 Å². The van der Waals surface area contributed by atoms with Crippen LogP contribution in [0.3, 0.4) is 0 Å². The Bertz CT molecular complexity index is 231. The van der Waals surface area contributed by atoms with Crippen LogP contribution in [0.2, 0.25) is 0 Å². The van der Waals surface area contributed by atoms with Crippen LogP contribution in [0.1, 0.15) is 11.1 Å². The minimum Gasteiger partial charge on any atom is -0.508 e. The van der Waals surface area contributed by atoms with Crippen molar-refractivity contribution in [3.05, 3.63) is 11.1 Å². The fourth-order valence-electron chi connectivity index (χ4n) is 1.27. The molecule has 0 heterocycles. The molecule has 1 N–H and O–H groups in total. The van der Waals surface area contributed by atoms with Crippen molar-refractivity contribution in [3.8, 4) is 5.75 Å². The minimum absolute atomic E-state index is 0.405. The van der Waals surface area contributed by atoms with Crippen molar-refractivity contribution >= 4 is 39.2 Å². The Morgan fingerprint density at radius 3 is 2.08 bits per heavy atom. The molecule has 0 spiro atoms. The molecule has 1 nitrogen and oxygen atoms in total. The third kappa shape index (κ3) is 1.24. The Labute approximate surface area is 80.4 Å². The molecule has 0 atom stereocenters. The maximum Gasteiger partial charge on any atom is 0.143 e. The normalized spacial score (nSPS) is 10.2. The molecule has 0 aromatic heterocycles. The third-order valence-electron chi connectivity index (χ3n) is 2.55. The van der Waals surface area contributed by atoms with E-state index in [1.165, 1.54) is 0 Å². The first-order valence-electron chi connectivity index (χ1n) is 3.95. The van der Waals surface area contributed by atoms with Gasteiger partial charge >= 0.3 is 0 Å². The SMILES string of the molecule is Bc1c(B)c(S)c(C)c(C)c1O. The summed E-state index contributed by atoms with van der Waals surface area (Å²) in [7, 11) is 3.89. The Morgan fingerprint density at radius 2 is 1.58 bits per heavy atom. The fraction of sp³-hybridized carbons (Fsp3) is 0.250. The van der Waals surface area contributed by atoms with Gasteiger partial charge in [0.25, 0.3) is 0 Å². The summed E-state index contributed by atoms with van der Waals surface area (Å²) in [5, 5.41) is 9.66. The highest BCUT2D eigenvalue weighted by Crippen LogP contribution is 2.20. The molecule has 1 aromatic rings. The lowest BCUT2D eigenvalue weighted by atomic mass is 9.77. The molecule has 0 aliphatic rings. The van der Waals surface area contributed by atoms with E-state index < -0.39 is 0 Å². The zero-order valence-electron chi connectivity index (χ0n) is 7.89. The Balaban J connectivity index is 3.60. The molecule has 0 saturated heterocycles. The first-order valence-corrected chi connectivity index (χ1v) is 4.39. The monoisotopic (exact) mass is 178 g/mol. The first-order chi connectivity index (χ1) is 5.46. The molecule has 1 rings (SSSR count). The molecule has 0 amide bonds. The van der Waals surface area contributed by atoms with Crippen LogP contribution in [0.15, 0.2) is 4.90 Å². The molecule has 0 unspecified atom stereocenters. The third-order valence-corrected chi connectivity index (χ3v) is 3.22. The van der Waals surface area contributed by atoms with Crippen LogP contribution >= 0.6 is 12.6 Å². The predicted molar refractivity (Wildman–Crippen MR) is 61.2 cm³/mol. The van der Waals surface area contributed by atoms with Gasteiger partial charge in [-0.3, -0.25) is 0 Å². The van der Waals surface area contributed by atoms with Crippen LogP contribution < -0.4 is 10.9 Å². The summed E-state index contributed by atoms with van der Waals surface area (Å²) in [6.07, 6.45) is 0.